The van der Waals surface area contributed by atoms with E-state index in [1.54, 1.807) is 6.08 Å². The van der Waals surface area contributed by atoms with E-state index in [4.69, 9.17) is 0 Å². The summed E-state index contributed by atoms with van der Waals surface area (Å²) in [6.45, 7) is 11.6. The zero-order valence-corrected chi connectivity index (χ0v) is 24.9. The average Bonchev–Trinajstić information content (AvgIpc) is 3.26. The van der Waals surface area contributed by atoms with Crippen LogP contribution >= 0.6 is 0 Å². The molecule has 7 atom stereocenters. The molecule has 2 unspecified atom stereocenters. The third-order valence-electron chi connectivity index (χ3n) is 12.4. The summed E-state index contributed by atoms with van der Waals surface area (Å²) in [6, 6.07) is 9.42. The highest BCUT2D eigenvalue weighted by Crippen LogP contribution is 2.65. The topological polar surface area (TPSA) is 58.2 Å². The van der Waals surface area contributed by atoms with Crippen molar-refractivity contribution in [3.63, 3.8) is 0 Å². The Morgan fingerprint density at radius 3 is 2.31 bits per heavy atom. The summed E-state index contributed by atoms with van der Waals surface area (Å²) in [6.07, 6.45) is 16.4. The lowest BCUT2D eigenvalue weighted by Crippen LogP contribution is -2.60. The van der Waals surface area contributed by atoms with E-state index in [1.165, 1.54) is 43.2 Å². The monoisotopic (exact) mass is 530 g/mol. The van der Waals surface area contributed by atoms with Crippen molar-refractivity contribution in [2.24, 2.45) is 34.5 Å². The Balaban J connectivity index is 1.23. The fraction of sp³-hybridized carbons (Fsp3) is 0.714. The summed E-state index contributed by atoms with van der Waals surface area (Å²) in [7, 11) is 0. The maximum absolute atomic E-state index is 14.3. The first-order valence-corrected chi connectivity index (χ1v) is 15.9. The minimum absolute atomic E-state index is 0.0455. The van der Waals surface area contributed by atoms with Crippen LogP contribution in [0.2, 0.25) is 0 Å². The van der Waals surface area contributed by atoms with Gasteiger partial charge in [0.05, 0.1) is 5.54 Å². The molecular weight excluding hydrogens is 480 g/mol. The van der Waals surface area contributed by atoms with Crippen LogP contribution in [0.1, 0.15) is 116 Å². The lowest BCUT2D eigenvalue weighted by molar-refractivity contribution is -0.136. The zero-order valence-electron chi connectivity index (χ0n) is 24.9. The number of fused-ring (bicyclic) bond motifs is 5. The van der Waals surface area contributed by atoms with Crippen LogP contribution in [0.5, 0.6) is 0 Å². The number of hydrogen-bond donors (Lipinski definition) is 2. The van der Waals surface area contributed by atoms with Crippen molar-refractivity contribution in [2.45, 2.75) is 122 Å². The predicted octanol–water partition coefficient (Wildman–Crippen LogP) is 7.17. The van der Waals surface area contributed by atoms with Crippen LogP contribution in [-0.4, -0.2) is 17.9 Å². The van der Waals surface area contributed by atoms with Crippen LogP contribution in [0, 0.1) is 34.5 Å². The lowest BCUT2D eigenvalue weighted by atomic mass is 9.48. The molecule has 1 aromatic rings. The minimum atomic E-state index is -0.228. The number of nitrogens with one attached hydrogen (secondary N) is 2. The van der Waals surface area contributed by atoms with E-state index in [-0.39, 0.29) is 39.7 Å². The molecule has 1 aliphatic heterocycles. The van der Waals surface area contributed by atoms with Gasteiger partial charge in [0.1, 0.15) is 0 Å². The third-order valence-corrected chi connectivity index (χ3v) is 12.4. The van der Waals surface area contributed by atoms with Crippen molar-refractivity contribution < 1.29 is 9.59 Å². The van der Waals surface area contributed by atoms with Gasteiger partial charge in [-0.3, -0.25) is 9.59 Å². The largest absolute Gasteiger partial charge is 0.349 e. The second kappa shape index (κ2) is 9.48. The Labute approximate surface area is 236 Å². The van der Waals surface area contributed by atoms with Crippen molar-refractivity contribution in [3.8, 4) is 0 Å². The molecule has 2 N–H and O–H groups in total. The van der Waals surface area contributed by atoms with Gasteiger partial charge in [0.15, 0.2) is 0 Å². The minimum Gasteiger partial charge on any atom is -0.349 e. The molecule has 39 heavy (non-hydrogen) atoms. The summed E-state index contributed by atoms with van der Waals surface area (Å²) < 4.78 is 0. The van der Waals surface area contributed by atoms with E-state index in [0.29, 0.717) is 23.7 Å². The van der Waals surface area contributed by atoms with E-state index < -0.39 is 0 Å². The summed E-state index contributed by atoms with van der Waals surface area (Å²) in [5.74, 6) is 2.33. The molecule has 4 aliphatic carbocycles. The predicted molar refractivity (Wildman–Crippen MR) is 157 cm³/mol. The number of rotatable bonds is 3. The van der Waals surface area contributed by atoms with Gasteiger partial charge >= 0.3 is 0 Å². The van der Waals surface area contributed by atoms with E-state index in [9.17, 15) is 9.59 Å². The van der Waals surface area contributed by atoms with Gasteiger partial charge in [-0.1, -0.05) is 84.2 Å². The molecule has 1 aromatic carbocycles. The Bertz CT molecular complexity index is 1140. The maximum atomic E-state index is 14.3. The molecule has 0 bridgehead atoms. The fourth-order valence-corrected chi connectivity index (χ4v) is 10.0. The van der Waals surface area contributed by atoms with Crippen LogP contribution in [0.25, 0.3) is 0 Å². The second-order valence-electron chi connectivity index (χ2n) is 15.3. The molecule has 0 saturated heterocycles. The molecule has 1 heterocycles. The fourth-order valence-electron chi connectivity index (χ4n) is 10.0. The molecule has 0 radical (unpaired) electrons. The Hall–Kier alpha value is -2.10. The first-order valence-electron chi connectivity index (χ1n) is 15.9. The summed E-state index contributed by atoms with van der Waals surface area (Å²) in [4.78, 5) is 26.4. The second-order valence-corrected chi connectivity index (χ2v) is 15.3. The smallest absolute Gasteiger partial charge is 0.243 e. The van der Waals surface area contributed by atoms with Crippen LogP contribution in [-0.2, 0) is 20.5 Å². The third kappa shape index (κ3) is 4.39. The molecule has 0 aromatic heterocycles. The Morgan fingerprint density at radius 2 is 1.62 bits per heavy atom. The zero-order chi connectivity index (χ0) is 27.6. The van der Waals surface area contributed by atoms with Gasteiger partial charge in [0, 0.05) is 17.4 Å². The number of hydrogen-bond acceptors (Lipinski definition) is 2. The molecule has 6 rings (SSSR count). The molecule has 212 valence electrons. The molecule has 4 nitrogen and oxygen atoms in total. The first-order chi connectivity index (χ1) is 18.5. The van der Waals surface area contributed by atoms with Crippen molar-refractivity contribution in [1.29, 1.82) is 0 Å². The highest BCUT2D eigenvalue weighted by Gasteiger charge is 2.61. The lowest BCUT2D eigenvalue weighted by Gasteiger charge is -2.58. The van der Waals surface area contributed by atoms with Crippen molar-refractivity contribution in [3.05, 3.63) is 47.5 Å². The van der Waals surface area contributed by atoms with Crippen molar-refractivity contribution in [2.75, 3.05) is 0 Å². The van der Waals surface area contributed by atoms with Gasteiger partial charge in [0.2, 0.25) is 11.8 Å². The van der Waals surface area contributed by atoms with Crippen molar-refractivity contribution in [1.82, 2.24) is 10.6 Å². The molecular formula is C35H50N2O2. The van der Waals surface area contributed by atoms with Gasteiger partial charge in [0.25, 0.3) is 0 Å². The van der Waals surface area contributed by atoms with Crippen LogP contribution in [0.15, 0.2) is 36.4 Å². The van der Waals surface area contributed by atoms with E-state index >= 15 is 0 Å². The van der Waals surface area contributed by atoms with E-state index in [1.807, 2.05) is 0 Å². The maximum Gasteiger partial charge on any atom is 0.243 e. The van der Waals surface area contributed by atoms with Crippen LogP contribution in [0.4, 0.5) is 0 Å². The highest BCUT2D eigenvalue weighted by molar-refractivity contribution is 5.89. The summed E-state index contributed by atoms with van der Waals surface area (Å²) in [5.41, 5.74) is 2.66. The quantitative estimate of drug-likeness (QED) is 0.435. The highest BCUT2D eigenvalue weighted by atomic mass is 16.2. The van der Waals surface area contributed by atoms with Gasteiger partial charge < -0.3 is 10.6 Å². The van der Waals surface area contributed by atoms with Gasteiger partial charge in [-0.15, -0.1) is 0 Å². The normalized spacial score (nSPS) is 39.2. The number of carbonyl (C=O) groups is 2. The Morgan fingerprint density at radius 1 is 0.897 bits per heavy atom. The molecule has 4 fully saturated rings. The standard InChI is InChI=1S/C35H50N2O2/c1-32(2,3)23-9-11-24(12-10-23)35(19-7-6-8-20-35)37-31(39)28-15-14-26-25-13-16-29-34(5,22-18-30(38)36-29)27(25)17-21-33(26,28)4/h9-12,18,22,25-29H,6-8,13-17,19-21H2,1-5H3,(H,36,38)(H,37,39)/t25-,26-,27+,28?,29?,33-,34+/m0/s1. The van der Waals surface area contributed by atoms with E-state index in [0.717, 1.165) is 38.5 Å². The van der Waals surface area contributed by atoms with Crippen LogP contribution in [0.3, 0.4) is 0 Å². The van der Waals surface area contributed by atoms with Crippen molar-refractivity contribution >= 4 is 11.8 Å². The SMILES string of the molecule is CC(C)(C)c1ccc(C2(NC(=O)C3CC[C@H]4[C@@H]5CCC6NC(=O)C=C[C@]6(C)[C@@H]5CC[C@]34C)CCCCC2)cc1. The number of benzene rings is 1. The molecule has 0 spiro atoms. The van der Waals surface area contributed by atoms with Gasteiger partial charge in [-0.2, -0.15) is 0 Å². The molecule has 4 saturated carbocycles. The van der Waals surface area contributed by atoms with Gasteiger partial charge in [-0.25, -0.2) is 0 Å². The molecule has 4 heteroatoms. The number of amides is 2. The molecule has 5 aliphatic rings. The summed E-state index contributed by atoms with van der Waals surface area (Å²) in [5, 5.41) is 7.01. The number of carbonyl (C=O) groups excluding carboxylic acids is 2. The first kappa shape index (κ1) is 27.1. The molecule has 2 amide bonds. The van der Waals surface area contributed by atoms with Crippen LogP contribution < -0.4 is 10.6 Å². The van der Waals surface area contributed by atoms with E-state index in [2.05, 4.69) is 75.6 Å². The Kier molecular flexibility index (Phi) is 6.59. The summed E-state index contributed by atoms with van der Waals surface area (Å²) >= 11 is 0. The average molecular weight is 531 g/mol. The van der Waals surface area contributed by atoms with Gasteiger partial charge in [-0.05, 0) is 97.2 Å².